The van der Waals surface area contributed by atoms with E-state index in [2.05, 4.69) is 5.32 Å². The van der Waals surface area contributed by atoms with E-state index >= 15 is 0 Å². The van der Waals surface area contributed by atoms with E-state index in [1.807, 2.05) is 42.5 Å². The second-order valence-corrected chi connectivity index (χ2v) is 6.14. The molecule has 25 heavy (non-hydrogen) atoms. The number of nitrogens with one attached hydrogen (secondary N) is 1. The first-order valence-corrected chi connectivity index (χ1v) is 8.20. The predicted octanol–water partition coefficient (Wildman–Crippen LogP) is 5.69. The number of rotatable bonds is 3. The third-order valence-electron chi connectivity index (χ3n) is 3.66. The van der Waals surface area contributed by atoms with Gasteiger partial charge in [-0.2, -0.15) is 5.26 Å². The molecule has 0 radical (unpaired) electrons. The second-order valence-electron chi connectivity index (χ2n) is 5.32. The van der Waals surface area contributed by atoms with Gasteiger partial charge in [0.25, 0.3) is 5.91 Å². The minimum Gasteiger partial charge on any atom is -0.321 e. The zero-order chi connectivity index (χ0) is 17.8. The highest BCUT2D eigenvalue weighted by Gasteiger charge is 2.11. The van der Waals surface area contributed by atoms with Crippen molar-refractivity contribution in [2.24, 2.45) is 0 Å². The fraction of sp³-hybridized carbons (Fsp3) is 0. The molecule has 1 amide bonds. The molecule has 0 unspecified atom stereocenters. The first-order valence-electron chi connectivity index (χ1n) is 7.44. The lowest BCUT2D eigenvalue weighted by Gasteiger charge is -2.08. The van der Waals surface area contributed by atoms with Gasteiger partial charge in [0.1, 0.15) is 11.6 Å². The van der Waals surface area contributed by atoms with E-state index in [4.69, 9.17) is 23.2 Å². The standard InChI is InChI=1S/C20H12Cl2N2O/c21-17-9-8-13(11-18(17)22)10-15(12-23)20(25)24-19-7-3-5-14-4-1-2-6-16(14)19/h1-11H,(H,24,25)/b15-10+. The molecule has 0 aliphatic heterocycles. The van der Waals surface area contributed by atoms with Crippen LogP contribution in [-0.4, -0.2) is 5.91 Å². The van der Waals surface area contributed by atoms with Crippen molar-refractivity contribution in [3.63, 3.8) is 0 Å². The van der Waals surface area contributed by atoms with Gasteiger partial charge in [-0.15, -0.1) is 0 Å². The third-order valence-corrected chi connectivity index (χ3v) is 4.40. The third kappa shape index (κ3) is 3.83. The molecule has 3 aromatic carbocycles. The normalized spacial score (nSPS) is 11.2. The Bertz CT molecular complexity index is 1030. The van der Waals surface area contributed by atoms with Gasteiger partial charge in [0.2, 0.25) is 0 Å². The number of benzene rings is 3. The van der Waals surface area contributed by atoms with Crippen LogP contribution in [0.5, 0.6) is 0 Å². The van der Waals surface area contributed by atoms with Crippen LogP contribution >= 0.6 is 23.2 Å². The van der Waals surface area contributed by atoms with Crippen molar-refractivity contribution < 1.29 is 4.79 Å². The average molecular weight is 367 g/mol. The summed E-state index contributed by atoms with van der Waals surface area (Å²) in [6.45, 7) is 0. The molecular weight excluding hydrogens is 355 g/mol. The van der Waals surface area contributed by atoms with Crippen molar-refractivity contribution in [1.82, 2.24) is 0 Å². The Morgan fingerprint density at radius 3 is 2.52 bits per heavy atom. The van der Waals surface area contributed by atoms with Crippen molar-refractivity contribution >= 4 is 51.6 Å². The molecule has 0 atom stereocenters. The number of hydrogen-bond donors (Lipinski definition) is 1. The lowest BCUT2D eigenvalue weighted by Crippen LogP contribution is -2.13. The van der Waals surface area contributed by atoms with Crippen LogP contribution in [0.4, 0.5) is 5.69 Å². The highest BCUT2D eigenvalue weighted by atomic mass is 35.5. The fourth-order valence-corrected chi connectivity index (χ4v) is 2.75. The molecule has 0 bridgehead atoms. The lowest BCUT2D eigenvalue weighted by molar-refractivity contribution is -0.112. The van der Waals surface area contributed by atoms with Crippen molar-refractivity contribution in [2.75, 3.05) is 5.32 Å². The first kappa shape index (κ1) is 17.0. The van der Waals surface area contributed by atoms with E-state index in [9.17, 15) is 10.1 Å². The second kappa shape index (κ2) is 7.40. The fourth-order valence-electron chi connectivity index (χ4n) is 2.44. The van der Waals surface area contributed by atoms with Crippen LogP contribution in [0.1, 0.15) is 5.56 Å². The Balaban J connectivity index is 1.91. The molecular formula is C20H12Cl2N2O. The summed E-state index contributed by atoms with van der Waals surface area (Å²) in [7, 11) is 0. The van der Waals surface area contributed by atoms with Crippen molar-refractivity contribution in [2.45, 2.75) is 0 Å². The zero-order valence-electron chi connectivity index (χ0n) is 13.0. The van der Waals surface area contributed by atoms with Crippen LogP contribution in [-0.2, 0) is 4.79 Å². The SMILES string of the molecule is N#C/C(=C\c1ccc(Cl)c(Cl)c1)C(=O)Nc1cccc2ccccc12. The van der Waals surface area contributed by atoms with E-state index in [-0.39, 0.29) is 5.57 Å². The molecule has 0 aromatic heterocycles. The Morgan fingerprint density at radius 1 is 1.00 bits per heavy atom. The summed E-state index contributed by atoms with van der Waals surface area (Å²) in [5.74, 6) is -0.482. The molecule has 3 nitrogen and oxygen atoms in total. The molecule has 0 spiro atoms. The van der Waals surface area contributed by atoms with E-state index < -0.39 is 5.91 Å². The molecule has 3 rings (SSSR count). The lowest BCUT2D eigenvalue weighted by atomic mass is 10.1. The van der Waals surface area contributed by atoms with E-state index in [0.717, 1.165) is 10.8 Å². The molecule has 5 heteroatoms. The molecule has 0 aliphatic rings. The quantitative estimate of drug-likeness (QED) is 0.477. The van der Waals surface area contributed by atoms with Crippen LogP contribution < -0.4 is 5.32 Å². The molecule has 0 saturated carbocycles. The van der Waals surface area contributed by atoms with Gasteiger partial charge >= 0.3 is 0 Å². The summed E-state index contributed by atoms with van der Waals surface area (Å²) in [6.07, 6.45) is 1.47. The summed E-state index contributed by atoms with van der Waals surface area (Å²) < 4.78 is 0. The van der Waals surface area contributed by atoms with Crippen LogP contribution in [0.2, 0.25) is 10.0 Å². The van der Waals surface area contributed by atoms with Crippen LogP contribution in [0.25, 0.3) is 16.8 Å². The highest BCUT2D eigenvalue weighted by Crippen LogP contribution is 2.25. The minimum atomic E-state index is -0.482. The van der Waals surface area contributed by atoms with Gasteiger partial charge in [-0.3, -0.25) is 4.79 Å². The maximum atomic E-state index is 12.5. The van der Waals surface area contributed by atoms with E-state index in [1.54, 1.807) is 24.3 Å². The Labute approximate surface area is 155 Å². The Morgan fingerprint density at radius 2 is 1.76 bits per heavy atom. The van der Waals surface area contributed by atoms with Crippen molar-refractivity contribution in [1.29, 1.82) is 5.26 Å². The largest absolute Gasteiger partial charge is 0.321 e. The number of carbonyl (C=O) groups excluding carboxylic acids is 1. The Kier molecular flexibility index (Phi) is 5.04. The predicted molar refractivity (Wildman–Crippen MR) is 103 cm³/mol. The maximum absolute atomic E-state index is 12.5. The molecule has 122 valence electrons. The summed E-state index contributed by atoms with van der Waals surface area (Å²) in [6, 6.07) is 20.2. The minimum absolute atomic E-state index is 0.0219. The monoisotopic (exact) mass is 366 g/mol. The molecule has 0 fully saturated rings. The smallest absolute Gasteiger partial charge is 0.266 e. The summed E-state index contributed by atoms with van der Waals surface area (Å²) in [5, 5.41) is 14.8. The number of nitriles is 1. The Hall–Kier alpha value is -2.80. The van der Waals surface area contributed by atoms with Gasteiger partial charge in [-0.05, 0) is 35.2 Å². The zero-order valence-corrected chi connectivity index (χ0v) is 14.5. The van der Waals surface area contributed by atoms with Crippen LogP contribution in [0.3, 0.4) is 0 Å². The van der Waals surface area contributed by atoms with Crippen LogP contribution in [0.15, 0.2) is 66.2 Å². The highest BCUT2D eigenvalue weighted by molar-refractivity contribution is 6.42. The van der Waals surface area contributed by atoms with E-state index in [0.29, 0.717) is 21.3 Å². The molecule has 1 N–H and O–H groups in total. The number of hydrogen-bond acceptors (Lipinski definition) is 2. The number of halogens is 2. The van der Waals surface area contributed by atoms with Gasteiger partial charge < -0.3 is 5.32 Å². The van der Waals surface area contributed by atoms with Crippen molar-refractivity contribution in [3.05, 3.63) is 81.8 Å². The summed E-state index contributed by atoms with van der Waals surface area (Å²) in [4.78, 5) is 12.5. The molecule has 0 heterocycles. The number of carbonyl (C=O) groups is 1. The van der Waals surface area contributed by atoms with Gasteiger partial charge in [0, 0.05) is 11.1 Å². The molecule has 0 aliphatic carbocycles. The van der Waals surface area contributed by atoms with Gasteiger partial charge in [0.15, 0.2) is 0 Å². The van der Waals surface area contributed by atoms with Gasteiger partial charge in [-0.25, -0.2) is 0 Å². The van der Waals surface area contributed by atoms with Crippen molar-refractivity contribution in [3.8, 4) is 6.07 Å². The number of amides is 1. The molecule has 3 aromatic rings. The van der Waals surface area contributed by atoms with Gasteiger partial charge in [-0.1, -0.05) is 65.7 Å². The van der Waals surface area contributed by atoms with Crippen LogP contribution in [0, 0.1) is 11.3 Å². The average Bonchev–Trinajstić information content (AvgIpc) is 2.63. The summed E-state index contributed by atoms with van der Waals surface area (Å²) >= 11 is 11.8. The molecule has 0 saturated heterocycles. The summed E-state index contributed by atoms with van der Waals surface area (Å²) in [5.41, 5.74) is 1.25. The number of fused-ring (bicyclic) bond motifs is 1. The topological polar surface area (TPSA) is 52.9 Å². The number of nitrogens with zero attached hydrogens (tertiary/aromatic N) is 1. The number of anilines is 1. The van der Waals surface area contributed by atoms with Gasteiger partial charge in [0.05, 0.1) is 10.0 Å². The maximum Gasteiger partial charge on any atom is 0.266 e. The van der Waals surface area contributed by atoms with E-state index in [1.165, 1.54) is 6.08 Å². The first-order chi connectivity index (χ1) is 12.1.